The van der Waals surface area contributed by atoms with Gasteiger partial charge in [-0.1, -0.05) is 19.9 Å². The number of furan rings is 1. The fourth-order valence-electron chi connectivity index (χ4n) is 3.66. The SMILES string of the molecule is COCCn1cc(NC(=O)c2ccc(-c3cnn(C(=O)[C@@H](NC(=O)O)C(C)C)c3)o2)c(-c2ccccn2)n1. The lowest BCUT2D eigenvalue weighted by Gasteiger charge is -2.18. The number of anilines is 1. The van der Waals surface area contributed by atoms with Crippen molar-refractivity contribution >= 4 is 23.6 Å². The molecule has 0 spiro atoms. The van der Waals surface area contributed by atoms with Crippen molar-refractivity contribution in [2.24, 2.45) is 5.92 Å². The zero-order valence-electron chi connectivity index (χ0n) is 21.0. The summed E-state index contributed by atoms with van der Waals surface area (Å²) in [6, 6.07) is 7.51. The van der Waals surface area contributed by atoms with Gasteiger partial charge in [-0.25, -0.2) is 9.48 Å². The van der Waals surface area contributed by atoms with Gasteiger partial charge >= 0.3 is 6.09 Å². The lowest BCUT2D eigenvalue weighted by molar-refractivity contribution is 0.0808. The summed E-state index contributed by atoms with van der Waals surface area (Å²) in [5.74, 6) is -0.995. The van der Waals surface area contributed by atoms with Gasteiger partial charge in [-0.2, -0.15) is 10.2 Å². The summed E-state index contributed by atoms with van der Waals surface area (Å²) in [5.41, 5.74) is 1.98. The van der Waals surface area contributed by atoms with E-state index >= 15 is 0 Å². The van der Waals surface area contributed by atoms with Crippen LogP contribution >= 0.6 is 0 Å². The molecule has 4 rings (SSSR count). The van der Waals surface area contributed by atoms with Crippen LogP contribution in [0.1, 0.15) is 29.2 Å². The van der Waals surface area contributed by atoms with Gasteiger partial charge in [0.05, 0.1) is 36.3 Å². The molecule has 4 heterocycles. The van der Waals surface area contributed by atoms with Crippen molar-refractivity contribution < 1.29 is 28.6 Å². The first-order chi connectivity index (χ1) is 18.3. The summed E-state index contributed by atoms with van der Waals surface area (Å²) in [7, 11) is 1.59. The molecule has 0 saturated carbocycles. The van der Waals surface area contributed by atoms with E-state index in [0.29, 0.717) is 41.6 Å². The predicted octanol–water partition coefficient (Wildman–Crippen LogP) is 3.23. The Labute approximate surface area is 217 Å². The highest BCUT2D eigenvalue weighted by atomic mass is 16.5. The molecule has 1 atom stereocenters. The van der Waals surface area contributed by atoms with Gasteiger partial charge < -0.3 is 24.9 Å². The Morgan fingerprint density at radius 3 is 2.66 bits per heavy atom. The van der Waals surface area contributed by atoms with Gasteiger partial charge in [0.25, 0.3) is 11.8 Å². The maximum Gasteiger partial charge on any atom is 0.405 e. The molecule has 0 aliphatic heterocycles. The summed E-state index contributed by atoms with van der Waals surface area (Å²) in [6.45, 7) is 4.38. The van der Waals surface area contributed by atoms with Crippen molar-refractivity contribution in [3.63, 3.8) is 0 Å². The first-order valence-electron chi connectivity index (χ1n) is 11.7. The molecule has 3 N–H and O–H groups in total. The number of hydrogen-bond acceptors (Lipinski definition) is 8. The Morgan fingerprint density at radius 2 is 1.97 bits per heavy atom. The van der Waals surface area contributed by atoms with Crippen molar-refractivity contribution in [3.8, 4) is 22.7 Å². The maximum absolute atomic E-state index is 13.0. The van der Waals surface area contributed by atoms with E-state index in [-0.39, 0.29) is 11.7 Å². The number of carbonyl (C=O) groups excluding carboxylic acids is 2. The summed E-state index contributed by atoms with van der Waals surface area (Å²) in [4.78, 5) is 41.2. The molecule has 4 aromatic heterocycles. The normalized spacial score (nSPS) is 11.9. The summed E-state index contributed by atoms with van der Waals surface area (Å²) in [5, 5.41) is 22.6. The highest BCUT2D eigenvalue weighted by molar-refractivity contribution is 6.04. The second-order valence-corrected chi connectivity index (χ2v) is 8.66. The van der Waals surface area contributed by atoms with E-state index in [1.165, 1.54) is 18.5 Å². The van der Waals surface area contributed by atoms with Crippen LogP contribution in [0.4, 0.5) is 10.5 Å². The van der Waals surface area contributed by atoms with Crippen LogP contribution in [-0.2, 0) is 11.3 Å². The smallest absolute Gasteiger partial charge is 0.405 e. The zero-order chi connectivity index (χ0) is 27.2. The predicted molar refractivity (Wildman–Crippen MR) is 136 cm³/mol. The molecule has 0 radical (unpaired) electrons. The number of nitrogens with one attached hydrogen (secondary N) is 2. The van der Waals surface area contributed by atoms with E-state index in [1.807, 2.05) is 6.07 Å². The largest absolute Gasteiger partial charge is 0.465 e. The van der Waals surface area contributed by atoms with Crippen LogP contribution in [-0.4, -0.2) is 67.3 Å². The van der Waals surface area contributed by atoms with Crippen LogP contribution < -0.4 is 10.6 Å². The van der Waals surface area contributed by atoms with E-state index in [2.05, 4.69) is 25.8 Å². The Hall–Kier alpha value is -4.78. The number of carbonyl (C=O) groups is 3. The number of carboxylic acid groups (broad SMARTS) is 1. The zero-order valence-corrected chi connectivity index (χ0v) is 21.0. The van der Waals surface area contributed by atoms with E-state index in [0.717, 1.165) is 4.68 Å². The Kier molecular flexibility index (Phi) is 7.97. The van der Waals surface area contributed by atoms with E-state index in [9.17, 15) is 14.4 Å². The van der Waals surface area contributed by atoms with Crippen LogP contribution in [0.15, 0.2) is 59.5 Å². The molecule has 4 aromatic rings. The molecular formula is C25H27N7O6. The fourth-order valence-corrected chi connectivity index (χ4v) is 3.66. The second-order valence-electron chi connectivity index (χ2n) is 8.66. The maximum atomic E-state index is 13.0. The van der Waals surface area contributed by atoms with Crippen LogP contribution in [0.2, 0.25) is 0 Å². The highest BCUT2D eigenvalue weighted by Crippen LogP contribution is 2.27. The van der Waals surface area contributed by atoms with Crippen LogP contribution in [0.25, 0.3) is 22.7 Å². The molecule has 0 bridgehead atoms. The average Bonchev–Trinajstić information content (AvgIpc) is 3.65. The number of ether oxygens (including phenoxy) is 1. The monoisotopic (exact) mass is 521 g/mol. The molecular weight excluding hydrogens is 494 g/mol. The summed E-state index contributed by atoms with van der Waals surface area (Å²) in [6.07, 6.45) is 4.84. The first-order valence-corrected chi connectivity index (χ1v) is 11.7. The molecule has 198 valence electrons. The lowest BCUT2D eigenvalue weighted by atomic mass is 10.0. The molecule has 13 nitrogen and oxygen atoms in total. The Bertz CT molecular complexity index is 1420. The van der Waals surface area contributed by atoms with E-state index in [1.54, 1.807) is 56.2 Å². The van der Waals surface area contributed by atoms with Gasteiger partial charge in [0.1, 0.15) is 17.5 Å². The minimum atomic E-state index is -1.30. The van der Waals surface area contributed by atoms with Gasteiger partial charge in [0.15, 0.2) is 5.76 Å². The van der Waals surface area contributed by atoms with Crippen LogP contribution in [0.3, 0.4) is 0 Å². The quantitative estimate of drug-likeness (QED) is 0.284. The molecule has 0 aliphatic rings. The fraction of sp³-hybridized carbons (Fsp3) is 0.280. The molecule has 0 saturated heterocycles. The number of aromatic nitrogens is 5. The third-order valence-electron chi connectivity index (χ3n) is 5.58. The van der Waals surface area contributed by atoms with Crippen LogP contribution in [0.5, 0.6) is 0 Å². The van der Waals surface area contributed by atoms with Gasteiger partial charge in [-0.05, 0) is 30.2 Å². The minimum Gasteiger partial charge on any atom is -0.465 e. The Balaban J connectivity index is 1.52. The first kappa shape index (κ1) is 26.3. The third-order valence-corrected chi connectivity index (χ3v) is 5.58. The Morgan fingerprint density at radius 1 is 1.16 bits per heavy atom. The number of nitrogens with zero attached hydrogens (tertiary/aromatic N) is 5. The number of hydrogen-bond donors (Lipinski definition) is 3. The third kappa shape index (κ3) is 5.95. The molecule has 0 fully saturated rings. The molecule has 0 aliphatic carbocycles. The second kappa shape index (κ2) is 11.5. The minimum absolute atomic E-state index is 0.0308. The molecule has 2 amide bonds. The molecule has 38 heavy (non-hydrogen) atoms. The summed E-state index contributed by atoms with van der Waals surface area (Å²) >= 11 is 0. The lowest BCUT2D eigenvalue weighted by Crippen LogP contribution is -2.46. The molecule has 0 unspecified atom stereocenters. The van der Waals surface area contributed by atoms with Gasteiger partial charge in [-0.3, -0.25) is 19.3 Å². The number of rotatable bonds is 10. The van der Waals surface area contributed by atoms with E-state index < -0.39 is 23.9 Å². The average molecular weight is 522 g/mol. The highest BCUT2D eigenvalue weighted by Gasteiger charge is 2.26. The molecule has 0 aromatic carbocycles. The van der Waals surface area contributed by atoms with Crippen molar-refractivity contribution in [2.75, 3.05) is 19.0 Å². The number of methoxy groups -OCH3 is 1. The van der Waals surface area contributed by atoms with Crippen molar-refractivity contribution in [1.82, 2.24) is 29.9 Å². The topological polar surface area (TPSA) is 166 Å². The van der Waals surface area contributed by atoms with Gasteiger partial charge in [-0.15, -0.1) is 0 Å². The van der Waals surface area contributed by atoms with Crippen molar-refractivity contribution in [1.29, 1.82) is 0 Å². The molecule has 13 heteroatoms. The van der Waals surface area contributed by atoms with Crippen molar-refractivity contribution in [2.45, 2.75) is 26.4 Å². The summed E-state index contributed by atoms with van der Waals surface area (Å²) < 4.78 is 13.6. The number of amides is 2. The van der Waals surface area contributed by atoms with Crippen LogP contribution in [0, 0.1) is 5.92 Å². The number of pyridine rings is 1. The van der Waals surface area contributed by atoms with E-state index in [4.69, 9.17) is 14.3 Å². The van der Waals surface area contributed by atoms with Crippen molar-refractivity contribution in [3.05, 3.63) is 60.9 Å². The standard InChI is InChI=1S/C25H27N7O6/c1-15(2)21(29-25(35)36)24(34)32-13-16(12-27-32)19-7-8-20(38-19)23(33)28-18-14-31(10-11-37-3)30-22(18)17-6-4-5-9-26-17/h4-9,12-15,21,29H,10-11H2,1-3H3,(H,28,33)(H,35,36)/t21-/m0/s1. The van der Waals surface area contributed by atoms with Gasteiger partial charge in [0, 0.05) is 25.7 Å². The van der Waals surface area contributed by atoms with Gasteiger partial charge in [0.2, 0.25) is 0 Å².